The van der Waals surface area contributed by atoms with Crippen molar-refractivity contribution in [1.29, 1.82) is 0 Å². The summed E-state index contributed by atoms with van der Waals surface area (Å²) in [6.45, 7) is 0.807. The van der Waals surface area contributed by atoms with Crippen LogP contribution in [0.3, 0.4) is 0 Å². The number of hydrazone groups is 1. The Labute approximate surface area is 189 Å². The van der Waals surface area contributed by atoms with E-state index in [-0.39, 0.29) is 0 Å². The monoisotopic (exact) mass is 432 g/mol. The quantitative estimate of drug-likeness (QED) is 0.238. The lowest BCUT2D eigenvalue weighted by Crippen LogP contribution is -1.98. The number of hydrogen-bond acceptors (Lipinski definition) is 4. The number of anilines is 1. The number of nitrogens with zero attached hydrogens (tertiary/aromatic N) is 3. The zero-order chi connectivity index (χ0) is 21.3. The lowest BCUT2D eigenvalue weighted by Gasteiger charge is -2.09. The molecule has 0 saturated carbocycles. The Morgan fingerprint density at radius 2 is 1.62 bits per heavy atom. The van der Waals surface area contributed by atoms with Crippen LogP contribution in [-0.4, -0.2) is 15.8 Å². The molecule has 6 rings (SSSR count). The second kappa shape index (κ2) is 7.94. The van der Waals surface area contributed by atoms with Crippen LogP contribution < -0.4 is 5.43 Å². The molecule has 0 atom stereocenters. The fraction of sp³-hybridized carbons (Fsp3) is 0.0370. The van der Waals surface area contributed by atoms with Gasteiger partial charge in [-0.2, -0.15) is 5.10 Å². The van der Waals surface area contributed by atoms with E-state index in [0.29, 0.717) is 0 Å². The normalized spacial score (nSPS) is 11.8. The van der Waals surface area contributed by atoms with Crippen LogP contribution in [0, 0.1) is 0 Å². The summed E-state index contributed by atoms with van der Waals surface area (Å²) in [6.07, 6.45) is 4.06. The van der Waals surface area contributed by atoms with Crippen molar-refractivity contribution in [1.82, 2.24) is 9.55 Å². The maximum absolute atomic E-state index is 4.58. The van der Waals surface area contributed by atoms with Gasteiger partial charge in [0.25, 0.3) is 0 Å². The third kappa shape index (κ3) is 3.43. The molecule has 0 aliphatic rings. The number of aromatic nitrogens is 2. The molecule has 0 aliphatic heterocycles. The minimum atomic E-state index is 0.793. The summed E-state index contributed by atoms with van der Waals surface area (Å²) in [5.41, 5.74) is 7.67. The van der Waals surface area contributed by atoms with Crippen LogP contribution in [0.1, 0.15) is 11.1 Å². The van der Waals surface area contributed by atoms with Gasteiger partial charge in [0, 0.05) is 29.2 Å². The highest BCUT2D eigenvalue weighted by molar-refractivity contribution is 7.22. The number of nitrogens with one attached hydrogen (secondary N) is 1. The van der Waals surface area contributed by atoms with E-state index in [4.69, 9.17) is 0 Å². The Morgan fingerprint density at radius 1 is 0.844 bits per heavy atom. The Bertz CT molecular complexity index is 1550. The van der Waals surface area contributed by atoms with E-state index in [1.165, 1.54) is 27.2 Å². The van der Waals surface area contributed by atoms with Crippen molar-refractivity contribution in [3.63, 3.8) is 0 Å². The maximum Gasteiger partial charge on any atom is 0.204 e. The minimum absolute atomic E-state index is 0.793. The Balaban J connectivity index is 1.33. The van der Waals surface area contributed by atoms with Gasteiger partial charge in [-0.25, -0.2) is 4.98 Å². The van der Waals surface area contributed by atoms with Crippen LogP contribution in [0.25, 0.3) is 31.9 Å². The fourth-order valence-corrected chi connectivity index (χ4v) is 5.02. The molecule has 5 heteroatoms. The molecule has 0 bridgehead atoms. The molecule has 0 radical (unpaired) electrons. The first-order chi connectivity index (χ1) is 15.8. The van der Waals surface area contributed by atoms with Gasteiger partial charge in [0.2, 0.25) is 5.13 Å². The van der Waals surface area contributed by atoms with E-state index in [1.54, 1.807) is 11.3 Å². The van der Waals surface area contributed by atoms with Crippen LogP contribution in [-0.2, 0) is 6.54 Å². The van der Waals surface area contributed by atoms with Crippen LogP contribution in [0.2, 0.25) is 0 Å². The number of fused-ring (bicyclic) bond motifs is 3. The minimum Gasteiger partial charge on any atom is -0.342 e. The molecule has 0 fully saturated rings. The topological polar surface area (TPSA) is 42.2 Å². The summed E-state index contributed by atoms with van der Waals surface area (Å²) >= 11 is 1.60. The van der Waals surface area contributed by atoms with E-state index in [9.17, 15) is 0 Å². The number of rotatable bonds is 5. The second-order valence-corrected chi connectivity index (χ2v) is 8.76. The molecule has 0 spiro atoms. The molecule has 0 saturated heterocycles. The summed E-state index contributed by atoms with van der Waals surface area (Å²) in [4.78, 5) is 4.58. The van der Waals surface area contributed by atoms with E-state index < -0.39 is 0 Å². The predicted octanol–water partition coefficient (Wildman–Crippen LogP) is 6.90. The van der Waals surface area contributed by atoms with Crippen LogP contribution in [0.4, 0.5) is 5.13 Å². The summed E-state index contributed by atoms with van der Waals surface area (Å²) in [5, 5.41) is 9.02. The van der Waals surface area contributed by atoms with Gasteiger partial charge >= 0.3 is 0 Å². The van der Waals surface area contributed by atoms with E-state index in [1.807, 2.05) is 24.4 Å². The first-order valence-electron chi connectivity index (χ1n) is 10.5. The van der Waals surface area contributed by atoms with Crippen LogP contribution >= 0.6 is 11.3 Å². The van der Waals surface area contributed by atoms with Gasteiger partial charge in [0.15, 0.2) is 0 Å². The molecule has 0 aliphatic carbocycles. The molecular formula is C27H20N4S. The van der Waals surface area contributed by atoms with Crippen LogP contribution in [0.5, 0.6) is 0 Å². The Kier molecular flexibility index (Phi) is 4.66. The van der Waals surface area contributed by atoms with Gasteiger partial charge in [-0.05, 0) is 34.5 Å². The highest BCUT2D eigenvalue weighted by Crippen LogP contribution is 2.26. The lowest BCUT2D eigenvalue weighted by molar-refractivity contribution is 0.842. The standard InChI is InChI=1S/C27H20N4S/c1-2-11-22-19(8-1)9-7-10-20(22)17-31-18-21(23-12-3-5-14-25(23)31)16-28-30-27-29-24-13-4-6-15-26(24)32-27/h1-16,18H,17H2,(H,29,30)/b28-16+. The molecule has 6 aromatic rings. The average molecular weight is 433 g/mol. The van der Waals surface area contributed by atoms with Gasteiger partial charge in [0.1, 0.15) is 0 Å². The van der Waals surface area contributed by atoms with Crippen LogP contribution in [0.15, 0.2) is 102 Å². The Hall–Kier alpha value is -3.96. The average Bonchev–Trinajstić information content (AvgIpc) is 3.41. The molecule has 154 valence electrons. The van der Waals surface area contributed by atoms with Crippen molar-refractivity contribution < 1.29 is 0 Å². The molecule has 2 heterocycles. The number of hydrogen-bond donors (Lipinski definition) is 1. The smallest absolute Gasteiger partial charge is 0.204 e. The zero-order valence-electron chi connectivity index (χ0n) is 17.3. The summed E-state index contributed by atoms with van der Waals surface area (Å²) in [7, 11) is 0. The molecule has 4 aromatic carbocycles. The molecule has 0 amide bonds. The zero-order valence-corrected chi connectivity index (χ0v) is 18.1. The highest BCUT2D eigenvalue weighted by atomic mass is 32.1. The third-order valence-corrected chi connectivity index (χ3v) is 6.64. The Morgan fingerprint density at radius 3 is 2.56 bits per heavy atom. The van der Waals surface area contributed by atoms with E-state index >= 15 is 0 Å². The number of benzene rings is 4. The molecule has 2 aromatic heterocycles. The largest absolute Gasteiger partial charge is 0.342 e. The van der Waals surface area contributed by atoms with Gasteiger partial charge in [-0.15, -0.1) is 0 Å². The van der Waals surface area contributed by atoms with Gasteiger partial charge < -0.3 is 4.57 Å². The van der Waals surface area contributed by atoms with Crippen molar-refractivity contribution in [2.75, 3.05) is 5.43 Å². The third-order valence-electron chi connectivity index (χ3n) is 5.70. The summed E-state index contributed by atoms with van der Waals surface area (Å²) < 4.78 is 3.45. The highest BCUT2D eigenvalue weighted by Gasteiger charge is 2.09. The number of thiazole rings is 1. The SMILES string of the molecule is C(=N\Nc1nc2ccccc2s1)/c1cn(Cc2cccc3ccccc23)c2ccccc12. The second-order valence-electron chi connectivity index (χ2n) is 7.72. The van der Waals surface area contributed by atoms with E-state index in [0.717, 1.165) is 27.5 Å². The van der Waals surface area contributed by atoms with Crippen molar-refractivity contribution in [3.05, 3.63) is 108 Å². The van der Waals surface area contributed by atoms with Crippen molar-refractivity contribution in [3.8, 4) is 0 Å². The van der Waals surface area contributed by atoms with Gasteiger partial charge in [-0.3, -0.25) is 5.43 Å². The summed E-state index contributed by atoms with van der Waals surface area (Å²) in [6, 6.07) is 31.6. The van der Waals surface area contributed by atoms with Gasteiger partial charge in [-0.1, -0.05) is 84.1 Å². The van der Waals surface area contributed by atoms with Crippen molar-refractivity contribution in [2.24, 2.45) is 5.10 Å². The predicted molar refractivity (Wildman–Crippen MR) is 136 cm³/mol. The van der Waals surface area contributed by atoms with E-state index in [2.05, 4.69) is 99.1 Å². The molecular weight excluding hydrogens is 412 g/mol. The molecule has 32 heavy (non-hydrogen) atoms. The fourth-order valence-electron chi connectivity index (χ4n) is 4.20. The summed E-state index contributed by atoms with van der Waals surface area (Å²) in [5.74, 6) is 0. The molecule has 0 unspecified atom stereocenters. The van der Waals surface area contributed by atoms with Gasteiger partial charge in [0.05, 0.1) is 16.4 Å². The first-order valence-corrected chi connectivity index (χ1v) is 11.4. The number of para-hydroxylation sites is 2. The lowest BCUT2D eigenvalue weighted by atomic mass is 10.0. The van der Waals surface area contributed by atoms with Crippen molar-refractivity contribution in [2.45, 2.75) is 6.54 Å². The molecule has 4 nitrogen and oxygen atoms in total. The maximum atomic E-state index is 4.58. The van der Waals surface area contributed by atoms with Crippen molar-refractivity contribution >= 4 is 54.6 Å². The molecule has 1 N–H and O–H groups in total. The first kappa shape index (κ1) is 18.8.